The van der Waals surface area contributed by atoms with E-state index in [-0.39, 0.29) is 5.78 Å². The molecule has 0 aromatic heterocycles. The number of Topliss-reactive ketones (excluding diaryl/α,β-unsaturated/α-hetero) is 1. The Bertz CT molecular complexity index is 318. The first-order valence-corrected chi connectivity index (χ1v) is 5.67. The van der Waals surface area contributed by atoms with Crippen molar-refractivity contribution >= 4 is 21.7 Å². The fourth-order valence-corrected chi connectivity index (χ4v) is 1.63. The van der Waals surface area contributed by atoms with Crippen molar-refractivity contribution in [2.75, 3.05) is 0 Å². The number of halogens is 1. The van der Waals surface area contributed by atoms with Crippen LogP contribution in [-0.4, -0.2) is 5.78 Å². The normalized spacial score (nSPS) is 10.6. The van der Waals surface area contributed by atoms with E-state index in [1.54, 1.807) is 0 Å². The molecular formula is C12H15BrO. The molecule has 1 aromatic carbocycles. The van der Waals surface area contributed by atoms with Crippen LogP contribution >= 0.6 is 15.9 Å². The largest absolute Gasteiger partial charge is 0.294 e. The van der Waals surface area contributed by atoms with Crippen LogP contribution in [0.25, 0.3) is 0 Å². The average Bonchev–Trinajstić information content (AvgIpc) is 2.14. The Morgan fingerprint density at radius 3 is 2.71 bits per heavy atom. The van der Waals surface area contributed by atoms with Gasteiger partial charge in [-0.15, -0.1) is 0 Å². The average molecular weight is 255 g/mol. The molecule has 14 heavy (non-hydrogen) atoms. The van der Waals surface area contributed by atoms with Gasteiger partial charge < -0.3 is 0 Å². The highest BCUT2D eigenvalue weighted by Gasteiger charge is 2.06. The minimum Gasteiger partial charge on any atom is -0.294 e. The van der Waals surface area contributed by atoms with Gasteiger partial charge in [0.15, 0.2) is 5.78 Å². The zero-order valence-electron chi connectivity index (χ0n) is 8.59. The van der Waals surface area contributed by atoms with Gasteiger partial charge in [0, 0.05) is 16.5 Å². The van der Waals surface area contributed by atoms with E-state index in [4.69, 9.17) is 0 Å². The minimum atomic E-state index is 0.236. The number of carbonyl (C=O) groups is 1. The lowest BCUT2D eigenvalue weighted by Gasteiger charge is -2.04. The lowest BCUT2D eigenvalue weighted by atomic mass is 10.0. The molecule has 1 aromatic rings. The van der Waals surface area contributed by atoms with Crippen LogP contribution in [0.2, 0.25) is 0 Å². The van der Waals surface area contributed by atoms with Gasteiger partial charge in [-0.3, -0.25) is 4.79 Å². The molecule has 0 saturated carbocycles. The monoisotopic (exact) mass is 254 g/mol. The second-order valence-corrected chi connectivity index (χ2v) is 4.78. The predicted octanol–water partition coefficient (Wildman–Crippen LogP) is 4.07. The quantitative estimate of drug-likeness (QED) is 0.741. The van der Waals surface area contributed by atoms with E-state index in [9.17, 15) is 4.79 Å². The Hall–Kier alpha value is -0.630. The number of hydrogen-bond donors (Lipinski definition) is 0. The molecule has 0 atom stereocenters. The van der Waals surface area contributed by atoms with Gasteiger partial charge >= 0.3 is 0 Å². The van der Waals surface area contributed by atoms with Gasteiger partial charge in [0.05, 0.1) is 0 Å². The second kappa shape index (κ2) is 5.30. The van der Waals surface area contributed by atoms with Crippen LogP contribution in [0.15, 0.2) is 28.7 Å². The van der Waals surface area contributed by atoms with Crippen LogP contribution < -0.4 is 0 Å². The van der Waals surface area contributed by atoms with Gasteiger partial charge in [-0.1, -0.05) is 41.9 Å². The standard InChI is InChI=1S/C12H15BrO/c1-9(2)6-7-12(14)10-4-3-5-11(13)8-10/h3-5,8-9H,6-7H2,1-2H3. The predicted molar refractivity (Wildman–Crippen MR) is 62.5 cm³/mol. The summed E-state index contributed by atoms with van der Waals surface area (Å²) in [5.74, 6) is 0.825. The maximum absolute atomic E-state index is 11.7. The van der Waals surface area contributed by atoms with E-state index >= 15 is 0 Å². The zero-order chi connectivity index (χ0) is 10.6. The van der Waals surface area contributed by atoms with Crippen molar-refractivity contribution in [1.82, 2.24) is 0 Å². The summed E-state index contributed by atoms with van der Waals surface area (Å²) in [4.78, 5) is 11.7. The second-order valence-electron chi connectivity index (χ2n) is 3.87. The smallest absolute Gasteiger partial charge is 0.162 e. The Labute approximate surface area is 93.7 Å². The molecule has 0 saturated heterocycles. The highest BCUT2D eigenvalue weighted by molar-refractivity contribution is 9.10. The summed E-state index contributed by atoms with van der Waals surface area (Å²) in [7, 11) is 0. The fourth-order valence-electron chi connectivity index (χ4n) is 1.23. The fraction of sp³-hybridized carbons (Fsp3) is 0.417. The first-order valence-electron chi connectivity index (χ1n) is 4.88. The molecule has 2 heteroatoms. The minimum absolute atomic E-state index is 0.236. The van der Waals surface area contributed by atoms with Crippen LogP contribution in [0, 0.1) is 5.92 Å². The molecule has 0 aliphatic heterocycles. The molecule has 0 bridgehead atoms. The number of hydrogen-bond acceptors (Lipinski definition) is 1. The highest BCUT2D eigenvalue weighted by atomic mass is 79.9. The number of ketones is 1. The molecule has 1 nitrogen and oxygen atoms in total. The highest BCUT2D eigenvalue weighted by Crippen LogP contribution is 2.15. The third kappa shape index (κ3) is 3.62. The molecule has 0 heterocycles. The van der Waals surface area contributed by atoms with Crippen molar-refractivity contribution < 1.29 is 4.79 Å². The molecule has 0 N–H and O–H groups in total. The Kier molecular flexibility index (Phi) is 4.33. The molecule has 0 aliphatic rings. The van der Waals surface area contributed by atoms with E-state index in [1.165, 1.54) is 0 Å². The summed E-state index contributed by atoms with van der Waals surface area (Å²) >= 11 is 3.36. The summed E-state index contributed by atoms with van der Waals surface area (Å²) in [6, 6.07) is 7.57. The summed E-state index contributed by atoms with van der Waals surface area (Å²) in [5.41, 5.74) is 0.806. The topological polar surface area (TPSA) is 17.1 Å². The van der Waals surface area contributed by atoms with E-state index < -0.39 is 0 Å². The first-order chi connectivity index (χ1) is 6.59. The van der Waals surface area contributed by atoms with Gasteiger partial charge in [-0.05, 0) is 24.5 Å². The van der Waals surface area contributed by atoms with Crippen LogP contribution in [0.3, 0.4) is 0 Å². The summed E-state index contributed by atoms with van der Waals surface area (Å²) in [5, 5.41) is 0. The molecule has 0 fully saturated rings. The summed E-state index contributed by atoms with van der Waals surface area (Å²) in [6.07, 6.45) is 1.61. The molecular weight excluding hydrogens is 240 g/mol. The van der Waals surface area contributed by atoms with Crippen LogP contribution in [0.4, 0.5) is 0 Å². The lowest BCUT2D eigenvalue weighted by Crippen LogP contribution is -2.01. The SMILES string of the molecule is CC(C)CCC(=O)c1cccc(Br)c1. The lowest BCUT2D eigenvalue weighted by molar-refractivity contribution is 0.0975. The van der Waals surface area contributed by atoms with Crippen molar-refractivity contribution in [2.24, 2.45) is 5.92 Å². The van der Waals surface area contributed by atoms with Crippen molar-refractivity contribution in [3.05, 3.63) is 34.3 Å². The van der Waals surface area contributed by atoms with Crippen LogP contribution in [0.5, 0.6) is 0 Å². The van der Waals surface area contributed by atoms with Crippen LogP contribution in [-0.2, 0) is 0 Å². The van der Waals surface area contributed by atoms with Crippen molar-refractivity contribution in [1.29, 1.82) is 0 Å². The molecule has 1 rings (SSSR count). The summed E-state index contributed by atoms with van der Waals surface area (Å²) < 4.78 is 0.966. The molecule has 76 valence electrons. The third-order valence-electron chi connectivity index (χ3n) is 2.10. The van der Waals surface area contributed by atoms with E-state index in [0.717, 1.165) is 16.5 Å². The van der Waals surface area contributed by atoms with Gasteiger partial charge in [-0.25, -0.2) is 0 Å². The van der Waals surface area contributed by atoms with Gasteiger partial charge in [0.25, 0.3) is 0 Å². The number of rotatable bonds is 4. The molecule has 0 amide bonds. The maximum Gasteiger partial charge on any atom is 0.162 e. The van der Waals surface area contributed by atoms with E-state index in [2.05, 4.69) is 29.8 Å². The summed E-state index contributed by atoms with van der Waals surface area (Å²) in [6.45, 7) is 4.27. The molecule has 0 radical (unpaired) electrons. The van der Waals surface area contributed by atoms with Crippen molar-refractivity contribution in [2.45, 2.75) is 26.7 Å². The van der Waals surface area contributed by atoms with Crippen LogP contribution in [0.1, 0.15) is 37.0 Å². The Morgan fingerprint density at radius 1 is 1.43 bits per heavy atom. The van der Waals surface area contributed by atoms with E-state index in [1.807, 2.05) is 24.3 Å². The molecule has 0 unspecified atom stereocenters. The van der Waals surface area contributed by atoms with E-state index in [0.29, 0.717) is 12.3 Å². The Morgan fingerprint density at radius 2 is 2.14 bits per heavy atom. The van der Waals surface area contributed by atoms with Crippen molar-refractivity contribution in [3.63, 3.8) is 0 Å². The van der Waals surface area contributed by atoms with Gasteiger partial charge in [0.2, 0.25) is 0 Å². The zero-order valence-corrected chi connectivity index (χ0v) is 10.2. The Balaban J connectivity index is 2.61. The molecule has 0 aliphatic carbocycles. The van der Waals surface area contributed by atoms with Gasteiger partial charge in [0.1, 0.15) is 0 Å². The number of carbonyl (C=O) groups excluding carboxylic acids is 1. The van der Waals surface area contributed by atoms with Gasteiger partial charge in [-0.2, -0.15) is 0 Å². The van der Waals surface area contributed by atoms with Crippen molar-refractivity contribution in [3.8, 4) is 0 Å². The first kappa shape index (κ1) is 11.4. The third-order valence-corrected chi connectivity index (χ3v) is 2.59. The number of benzene rings is 1. The maximum atomic E-state index is 11.7. The molecule has 0 spiro atoms.